The van der Waals surface area contributed by atoms with E-state index in [1.807, 2.05) is 12.2 Å². The molecule has 0 radical (unpaired) electrons. The highest BCUT2D eigenvalue weighted by Gasteiger charge is 2.70. The maximum atomic E-state index is 14.1. The molecule has 202 valence electrons. The number of benzene rings is 3. The first-order valence-corrected chi connectivity index (χ1v) is 13.1. The molecule has 0 aromatic heterocycles. The van der Waals surface area contributed by atoms with Crippen LogP contribution in [-0.4, -0.2) is 48.3 Å². The molecule has 3 aromatic rings. The van der Waals surface area contributed by atoms with Crippen molar-refractivity contribution < 1.29 is 38.1 Å². The lowest BCUT2D eigenvalue weighted by Gasteiger charge is -2.48. The van der Waals surface area contributed by atoms with Crippen LogP contribution in [0.3, 0.4) is 0 Å². The van der Waals surface area contributed by atoms with Crippen LogP contribution in [0.4, 0.5) is 0 Å². The fraction of sp³-hybridized carbons (Fsp3) is 0.250. The Labute approximate surface area is 230 Å². The minimum Gasteiger partial charge on any atom is -0.459 e. The smallest absolute Gasteiger partial charge is 0.340 e. The molecule has 2 aliphatic carbocycles. The van der Waals surface area contributed by atoms with Crippen molar-refractivity contribution in [2.24, 2.45) is 17.8 Å². The second-order valence-corrected chi connectivity index (χ2v) is 10.1. The predicted octanol–water partition coefficient (Wildman–Crippen LogP) is 4.41. The van der Waals surface area contributed by atoms with Crippen LogP contribution in [0.2, 0.25) is 0 Å². The molecule has 0 spiro atoms. The van der Waals surface area contributed by atoms with Crippen molar-refractivity contribution in [3.63, 3.8) is 0 Å². The summed E-state index contributed by atoms with van der Waals surface area (Å²) in [5.74, 6) is -3.90. The molecule has 40 heavy (non-hydrogen) atoms. The fourth-order valence-electron chi connectivity index (χ4n) is 6.02. The summed E-state index contributed by atoms with van der Waals surface area (Å²) in [6.45, 7) is -0.229. The van der Waals surface area contributed by atoms with E-state index in [0.29, 0.717) is 12.0 Å². The Morgan fingerprint density at radius 1 is 0.750 bits per heavy atom. The Hall–Kier alpha value is -4.56. The van der Waals surface area contributed by atoms with Gasteiger partial charge in [-0.2, -0.15) is 0 Å². The number of ether oxygens (including phenoxy) is 4. The fourth-order valence-corrected chi connectivity index (χ4v) is 6.02. The Morgan fingerprint density at radius 3 is 1.90 bits per heavy atom. The molecule has 2 bridgehead atoms. The number of ketones is 1. The third-order valence-corrected chi connectivity index (χ3v) is 7.80. The standard InChI is InChI=1S/C32H26O8/c33-27-31(39-29(35)21-12-6-2-7-13-21)38-25(19-37-28(34)20-10-4-1-5-11-20)26-23-16-17-24(18-23)32(26,27)40-30(36)22-14-8-3-9-15-22/h1-17,23-26,31H,18-19H2/t23-,24+,25-,26-,31-,32+/m1/s1. The lowest BCUT2D eigenvalue weighted by Crippen LogP contribution is -2.66. The van der Waals surface area contributed by atoms with Gasteiger partial charge in [-0.1, -0.05) is 66.7 Å². The number of carbonyl (C=O) groups excluding carboxylic acids is 4. The van der Waals surface area contributed by atoms with E-state index < -0.39 is 53.5 Å². The molecule has 1 heterocycles. The molecule has 8 heteroatoms. The summed E-state index contributed by atoms with van der Waals surface area (Å²) in [5.41, 5.74) is -0.783. The number of Topliss-reactive ketones (excluding diaryl/α,β-unsaturated/α-hetero) is 1. The van der Waals surface area contributed by atoms with E-state index in [1.54, 1.807) is 91.0 Å². The van der Waals surface area contributed by atoms with E-state index in [4.69, 9.17) is 18.9 Å². The maximum Gasteiger partial charge on any atom is 0.340 e. The van der Waals surface area contributed by atoms with E-state index in [0.717, 1.165) is 0 Å². The van der Waals surface area contributed by atoms with Gasteiger partial charge in [0.15, 0.2) is 5.60 Å². The molecule has 0 N–H and O–H groups in total. The first-order chi connectivity index (χ1) is 19.5. The lowest BCUT2D eigenvalue weighted by molar-refractivity contribution is -0.236. The number of esters is 3. The van der Waals surface area contributed by atoms with Crippen molar-refractivity contribution in [3.8, 4) is 0 Å². The second kappa shape index (κ2) is 10.5. The minimum absolute atomic E-state index is 0.163. The normalized spacial score (nSPS) is 28.0. The van der Waals surface area contributed by atoms with E-state index in [1.165, 1.54) is 0 Å². The van der Waals surface area contributed by atoms with Gasteiger partial charge in [0.1, 0.15) is 12.7 Å². The number of carbonyl (C=O) groups is 4. The second-order valence-electron chi connectivity index (χ2n) is 10.1. The number of fused-ring (bicyclic) bond motifs is 5. The first-order valence-electron chi connectivity index (χ1n) is 13.1. The summed E-state index contributed by atoms with van der Waals surface area (Å²) in [6, 6.07) is 25.1. The van der Waals surface area contributed by atoms with Gasteiger partial charge >= 0.3 is 17.9 Å². The van der Waals surface area contributed by atoms with Crippen LogP contribution >= 0.6 is 0 Å². The van der Waals surface area contributed by atoms with Gasteiger partial charge in [0.05, 0.1) is 16.7 Å². The Bertz CT molecular complexity index is 1450. The highest BCUT2D eigenvalue weighted by atomic mass is 16.7. The summed E-state index contributed by atoms with van der Waals surface area (Å²) in [7, 11) is 0. The van der Waals surface area contributed by atoms with Crippen molar-refractivity contribution in [2.75, 3.05) is 6.61 Å². The molecule has 8 nitrogen and oxygen atoms in total. The SMILES string of the molecule is O=C(OC[C@H]1O[C@H](OC(=O)c2ccccc2)C(=O)[C@@]2(OC(=O)c3ccccc3)[C@@H]1[C@@H]1C=C[C@H]2C1)c1ccccc1. The molecular formula is C32H26O8. The minimum atomic E-state index is -1.67. The van der Waals surface area contributed by atoms with Gasteiger partial charge in [-0.05, 0) is 48.7 Å². The van der Waals surface area contributed by atoms with Crippen molar-refractivity contribution in [2.45, 2.75) is 24.4 Å². The van der Waals surface area contributed by atoms with Gasteiger partial charge in [0.25, 0.3) is 6.29 Å². The molecular weight excluding hydrogens is 512 g/mol. The van der Waals surface area contributed by atoms with Crippen molar-refractivity contribution in [3.05, 3.63) is 120 Å². The molecule has 1 aliphatic heterocycles. The Kier molecular flexibility index (Phi) is 6.77. The monoisotopic (exact) mass is 538 g/mol. The summed E-state index contributed by atoms with van der Waals surface area (Å²) < 4.78 is 23.4. The van der Waals surface area contributed by atoms with Gasteiger partial charge in [0.2, 0.25) is 5.78 Å². The van der Waals surface area contributed by atoms with Gasteiger partial charge in [-0.15, -0.1) is 0 Å². The highest BCUT2D eigenvalue weighted by Crippen LogP contribution is 2.57. The quantitative estimate of drug-likeness (QED) is 0.248. The van der Waals surface area contributed by atoms with E-state index in [2.05, 4.69) is 0 Å². The third-order valence-electron chi connectivity index (χ3n) is 7.80. The topological polar surface area (TPSA) is 105 Å². The number of hydrogen-bond acceptors (Lipinski definition) is 8. The molecule has 3 aliphatic rings. The van der Waals surface area contributed by atoms with Crippen LogP contribution in [0.15, 0.2) is 103 Å². The predicted molar refractivity (Wildman–Crippen MR) is 141 cm³/mol. The maximum absolute atomic E-state index is 14.1. The zero-order valence-corrected chi connectivity index (χ0v) is 21.4. The van der Waals surface area contributed by atoms with E-state index in [9.17, 15) is 19.2 Å². The zero-order chi connectivity index (χ0) is 27.7. The average molecular weight is 539 g/mol. The molecule has 0 amide bonds. The van der Waals surface area contributed by atoms with Crippen LogP contribution < -0.4 is 0 Å². The summed E-state index contributed by atoms with van der Waals surface area (Å²) in [6.07, 6.45) is 1.84. The molecule has 2 fully saturated rings. The Balaban J connectivity index is 1.33. The molecule has 6 atom stereocenters. The average Bonchev–Trinajstić information content (AvgIpc) is 3.61. The molecule has 3 aromatic carbocycles. The van der Waals surface area contributed by atoms with Crippen LogP contribution in [0, 0.1) is 17.8 Å². The van der Waals surface area contributed by atoms with Crippen molar-refractivity contribution in [1.29, 1.82) is 0 Å². The molecule has 1 saturated heterocycles. The van der Waals surface area contributed by atoms with Crippen LogP contribution in [-0.2, 0) is 23.7 Å². The third kappa shape index (κ3) is 4.50. The van der Waals surface area contributed by atoms with Crippen LogP contribution in [0.5, 0.6) is 0 Å². The highest BCUT2D eigenvalue weighted by molar-refractivity contribution is 6.00. The van der Waals surface area contributed by atoms with Gasteiger partial charge in [-0.25, -0.2) is 14.4 Å². The Morgan fingerprint density at radius 2 is 1.30 bits per heavy atom. The summed E-state index contributed by atoms with van der Waals surface area (Å²) >= 11 is 0. The van der Waals surface area contributed by atoms with Gasteiger partial charge < -0.3 is 18.9 Å². The van der Waals surface area contributed by atoms with Crippen LogP contribution in [0.1, 0.15) is 37.5 Å². The van der Waals surface area contributed by atoms with Crippen molar-refractivity contribution >= 4 is 23.7 Å². The van der Waals surface area contributed by atoms with Crippen LogP contribution in [0.25, 0.3) is 0 Å². The summed E-state index contributed by atoms with van der Waals surface area (Å²) in [4.78, 5) is 53.2. The van der Waals surface area contributed by atoms with Crippen molar-refractivity contribution in [1.82, 2.24) is 0 Å². The number of rotatable bonds is 7. The lowest BCUT2D eigenvalue weighted by atomic mass is 9.71. The zero-order valence-electron chi connectivity index (χ0n) is 21.4. The molecule has 0 unspecified atom stereocenters. The summed E-state index contributed by atoms with van der Waals surface area (Å²) in [5, 5.41) is 0. The first kappa shape index (κ1) is 25.7. The van der Waals surface area contributed by atoms with E-state index in [-0.39, 0.29) is 23.7 Å². The molecule has 1 saturated carbocycles. The van der Waals surface area contributed by atoms with Gasteiger partial charge in [-0.3, -0.25) is 4.79 Å². The number of hydrogen-bond donors (Lipinski definition) is 0. The van der Waals surface area contributed by atoms with Gasteiger partial charge in [0, 0.05) is 11.8 Å². The molecule has 6 rings (SSSR count). The number of allylic oxidation sites excluding steroid dienone is 1. The van der Waals surface area contributed by atoms with E-state index >= 15 is 0 Å². The largest absolute Gasteiger partial charge is 0.459 e.